The van der Waals surface area contributed by atoms with Crippen molar-refractivity contribution in [3.05, 3.63) is 129 Å². The first-order valence-electron chi connectivity index (χ1n) is 24.0. The Labute approximate surface area is 453 Å². The van der Waals surface area contributed by atoms with Crippen molar-refractivity contribution in [1.29, 1.82) is 0 Å². The minimum atomic E-state index is -5.15. The molecular formula is C49H51N9O19PS2+. The van der Waals surface area contributed by atoms with Crippen molar-refractivity contribution in [3.63, 3.8) is 0 Å². The Morgan fingerprint density at radius 3 is 2.40 bits per heavy atom. The number of nitrogens with zero attached hydrogens (tertiary/aromatic N) is 5. The molecule has 3 aliphatic rings. The fourth-order valence-electron chi connectivity index (χ4n) is 8.74. The first-order chi connectivity index (χ1) is 37.9. The summed E-state index contributed by atoms with van der Waals surface area (Å²) in [6.07, 6.45) is 1.07. The number of unbranched alkanes of at least 4 members (excludes halogenated alkanes) is 3. The minimum absolute atomic E-state index is 0.0306. The molecule has 2 aromatic heterocycles. The number of nitrogens with two attached hydrogens (primary N) is 2. The molecule has 1 amide bonds. The summed E-state index contributed by atoms with van der Waals surface area (Å²) in [6, 6.07) is 17.1. The molecule has 1 saturated heterocycles. The number of aromatic nitrogens is 5. The lowest BCUT2D eigenvalue weighted by atomic mass is 9.89. The fraction of sp³-hybridized carbons (Fsp3) is 0.286. The first kappa shape index (κ1) is 58.4. The largest absolute Gasteiger partial charge is 0.478 e. The molecule has 3 aromatic carbocycles. The number of ether oxygens (including phenoxy) is 1. The van der Waals surface area contributed by atoms with Crippen LogP contribution in [0.5, 0.6) is 0 Å². The van der Waals surface area contributed by atoms with Crippen molar-refractivity contribution in [2.45, 2.75) is 86.0 Å². The molecule has 13 N–H and O–H groups in total. The lowest BCUT2D eigenvalue weighted by Gasteiger charge is -2.19. The molecule has 0 bridgehead atoms. The molecule has 0 radical (unpaired) electrons. The number of amides is 1. The smallest absolute Gasteiger partial charge is 0.469 e. The molecule has 2 aliphatic heterocycles. The Balaban J connectivity index is 0.781. The van der Waals surface area contributed by atoms with Gasteiger partial charge >= 0.3 is 29.6 Å². The maximum Gasteiger partial charge on any atom is 0.469 e. The molecule has 0 saturated carbocycles. The number of aliphatic hydroxyl groups is 2. The van der Waals surface area contributed by atoms with Crippen LogP contribution in [0.3, 0.4) is 0 Å². The topological polar surface area (TPSA) is 443 Å². The third kappa shape index (κ3) is 13.8. The summed E-state index contributed by atoms with van der Waals surface area (Å²) in [5.74, 6) is 3.50. The predicted octanol–water partition coefficient (Wildman–Crippen LogP) is 1.03. The number of nitrogen functional groups attached to an aromatic ring is 1. The number of carbonyl (C=O) groups excluding carboxylic acids is 1. The summed E-state index contributed by atoms with van der Waals surface area (Å²) in [4.78, 5) is 64.1. The fourth-order valence-corrected chi connectivity index (χ4v) is 10.6. The lowest BCUT2D eigenvalue weighted by molar-refractivity contribution is -0.176. The molecule has 80 heavy (non-hydrogen) atoms. The number of aryl methyl sites for hydroxylation is 2. The van der Waals surface area contributed by atoms with Gasteiger partial charge in [-0.2, -0.15) is 21.8 Å². The molecule has 31 heteroatoms. The van der Waals surface area contributed by atoms with Gasteiger partial charge in [0.15, 0.2) is 28.3 Å². The summed E-state index contributed by atoms with van der Waals surface area (Å²) in [5.41, 5.74) is 7.84. The summed E-state index contributed by atoms with van der Waals surface area (Å²) in [7, 11) is -15.2. The maximum absolute atomic E-state index is 13.3. The summed E-state index contributed by atoms with van der Waals surface area (Å²) >= 11 is 0. The zero-order valence-electron chi connectivity index (χ0n) is 41.6. The summed E-state index contributed by atoms with van der Waals surface area (Å²) < 4.78 is 99.5. The zero-order chi connectivity index (χ0) is 57.7. The van der Waals surface area contributed by atoms with Gasteiger partial charge in [-0.1, -0.05) is 48.1 Å². The van der Waals surface area contributed by atoms with Gasteiger partial charge in [-0.15, -0.1) is 5.10 Å². The van der Waals surface area contributed by atoms with Crippen LogP contribution in [0.4, 0.5) is 11.5 Å². The van der Waals surface area contributed by atoms with Crippen LogP contribution in [0.1, 0.15) is 75.9 Å². The van der Waals surface area contributed by atoms with Gasteiger partial charge in [0.05, 0.1) is 30.2 Å². The second-order valence-electron chi connectivity index (χ2n) is 18.1. The second-order valence-corrected chi connectivity index (χ2v) is 22.0. The molecule has 1 aliphatic carbocycles. The van der Waals surface area contributed by atoms with E-state index >= 15 is 0 Å². The summed E-state index contributed by atoms with van der Waals surface area (Å²) in [5, 5.41) is 47.5. The van der Waals surface area contributed by atoms with Crippen LogP contribution in [0, 0.1) is 11.8 Å². The van der Waals surface area contributed by atoms with Crippen LogP contribution in [0.15, 0.2) is 104 Å². The van der Waals surface area contributed by atoms with Crippen LogP contribution in [-0.4, -0.2) is 119 Å². The van der Waals surface area contributed by atoms with Crippen molar-refractivity contribution in [2.24, 2.45) is 0 Å². The van der Waals surface area contributed by atoms with Gasteiger partial charge in [0.25, 0.3) is 16.0 Å². The van der Waals surface area contributed by atoms with Gasteiger partial charge in [-0.05, 0) is 72.5 Å². The average Bonchev–Trinajstić information content (AvgIpc) is 3.97. The number of phosphoric ester groups is 1. The molecule has 422 valence electrons. The third-order valence-corrected chi connectivity index (χ3v) is 14.8. The quantitative estimate of drug-likeness (QED) is 0.00859. The molecular weight excluding hydrogens is 1110 g/mol. The third-order valence-electron chi connectivity index (χ3n) is 12.4. The molecule has 4 heterocycles. The zero-order valence-corrected chi connectivity index (χ0v) is 44.2. The van der Waals surface area contributed by atoms with Crippen LogP contribution in [0.2, 0.25) is 0 Å². The Bertz CT molecular complexity index is 3950. The van der Waals surface area contributed by atoms with E-state index in [9.17, 15) is 60.2 Å². The number of anilines is 2. The Kier molecular flexibility index (Phi) is 17.7. The van der Waals surface area contributed by atoms with E-state index in [4.69, 9.17) is 34.9 Å². The number of fused-ring (bicyclic) bond motifs is 2. The molecule has 4 atom stereocenters. The van der Waals surface area contributed by atoms with Crippen LogP contribution in [0.25, 0.3) is 33.4 Å². The van der Waals surface area contributed by atoms with Gasteiger partial charge in [0, 0.05) is 72.0 Å². The number of aromatic carboxylic acids is 1. The van der Waals surface area contributed by atoms with Crippen molar-refractivity contribution >= 4 is 62.4 Å². The monoisotopic (exact) mass is 1160 g/mol. The number of carboxylic acids is 1. The van der Waals surface area contributed by atoms with E-state index < -0.39 is 115 Å². The number of carbonyl (C=O) groups is 2. The lowest BCUT2D eigenvalue weighted by Crippen LogP contribution is -2.47. The highest BCUT2D eigenvalue weighted by Gasteiger charge is 2.45. The standard InChI is InChI=1S/C49H50N9O19PS2/c50-35-16-14-32-39(33-15-17-36(51)45(80(71,72)73)43(33)77-42(32)44(35)79(68,69)70)31-13-12-29(23-34(31)48(62)63)46(61)52-19-5-1-2-6-20-57-24-30(54-56-57)11-4-3-8-27-9-7-10-28(22-27)25-74-55-38-18-21-58(49(64)53-38)47-41(60)40(59)37(76-47)26-75-78(65,66)67/h7,9-10,12-18,21-24,37,40-41,47,50,59-60H,1-2,4-6,11,19-20,25-26,51H2,(H,52,61)(H,62,63)(H,53,55,64)(H2,65,66,67)(H,68,69,70)(H,71,72,73)/p+1/t37-,40-,41-,47-/m1/s1. The normalized spacial score (nSPS) is 16.6. The van der Waals surface area contributed by atoms with E-state index in [1.54, 1.807) is 10.7 Å². The number of rotatable bonds is 22. The number of nitrogens with one attached hydrogen (secondary N) is 2. The number of carboxylic acid groups (broad SMARTS) is 1. The van der Waals surface area contributed by atoms with E-state index in [0.717, 1.165) is 58.8 Å². The number of aliphatic hydroxyl groups excluding tert-OH is 2. The van der Waals surface area contributed by atoms with Gasteiger partial charge in [0.2, 0.25) is 10.3 Å². The number of hydrogen-bond acceptors (Lipinski definition) is 19. The minimum Gasteiger partial charge on any atom is -0.478 e. The SMILES string of the molecule is Nc1ccc2c(-c3ccc(C(=O)NCCCCCCn4cc(CCC#Cc5cccc(CONc6ccn([C@@H]7O[C@H](COP(=O)(O)O)[C@@H](O)[C@H]7O)c(=O)n6)c5)nn4)cc3C(=O)O)c3ccc(=[NH2+])c(S(=O)(=O)O)c-3oc2c1S(=O)(=O)O. The average molecular weight is 1170 g/mol. The Morgan fingerprint density at radius 2 is 1.68 bits per heavy atom. The van der Waals surface area contributed by atoms with Crippen LogP contribution < -0.4 is 33.0 Å². The van der Waals surface area contributed by atoms with Gasteiger partial charge < -0.3 is 45.3 Å². The Hall–Kier alpha value is -7.76. The van der Waals surface area contributed by atoms with Gasteiger partial charge in [-0.25, -0.2) is 19.6 Å². The van der Waals surface area contributed by atoms with E-state index in [2.05, 4.69) is 42.5 Å². The highest BCUT2D eigenvalue weighted by Crippen LogP contribution is 2.46. The predicted molar refractivity (Wildman–Crippen MR) is 278 cm³/mol. The Morgan fingerprint density at radius 1 is 0.925 bits per heavy atom. The molecule has 8 rings (SSSR count). The van der Waals surface area contributed by atoms with E-state index in [-0.39, 0.29) is 46.6 Å². The van der Waals surface area contributed by atoms with Gasteiger partial charge in [-0.3, -0.25) is 37.9 Å². The van der Waals surface area contributed by atoms with E-state index in [0.29, 0.717) is 25.8 Å². The maximum atomic E-state index is 13.3. The molecule has 0 unspecified atom stereocenters. The first-order valence-corrected chi connectivity index (χ1v) is 28.5. The van der Waals surface area contributed by atoms with Crippen molar-refractivity contribution in [1.82, 2.24) is 29.9 Å². The highest BCUT2D eigenvalue weighted by molar-refractivity contribution is 7.86. The van der Waals surface area contributed by atoms with Crippen molar-refractivity contribution in [2.75, 3.05) is 24.4 Å². The van der Waals surface area contributed by atoms with Crippen molar-refractivity contribution < 1.29 is 89.1 Å². The van der Waals surface area contributed by atoms with E-state index in [1.165, 1.54) is 36.5 Å². The van der Waals surface area contributed by atoms with Crippen molar-refractivity contribution in [3.8, 4) is 34.3 Å². The highest BCUT2D eigenvalue weighted by atomic mass is 32.2. The van der Waals surface area contributed by atoms with Crippen LogP contribution in [-0.2, 0) is 58.5 Å². The molecule has 0 spiro atoms. The number of benzene rings is 4. The summed E-state index contributed by atoms with van der Waals surface area (Å²) in [6.45, 7) is 0.185. The number of phosphoric acid groups is 1. The van der Waals surface area contributed by atoms with Gasteiger partial charge in [0.1, 0.15) is 18.3 Å². The second kappa shape index (κ2) is 24.3. The molecule has 28 nitrogen and oxygen atoms in total. The molecule has 1 fully saturated rings. The number of hydrogen-bond donors (Lipinski definition) is 11. The molecule has 5 aromatic rings. The van der Waals surface area contributed by atoms with Crippen LogP contribution >= 0.6 is 7.82 Å². The van der Waals surface area contributed by atoms with E-state index in [1.807, 2.05) is 24.4 Å².